The van der Waals surface area contributed by atoms with E-state index < -0.39 is 12.1 Å². The molecule has 1 atom stereocenters. The molecule has 2 rings (SSSR count). The van der Waals surface area contributed by atoms with E-state index >= 15 is 0 Å². The second kappa shape index (κ2) is 7.63. The quantitative estimate of drug-likeness (QED) is 0.761. The minimum Gasteiger partial charge on any atom is -0.465 e. The standard InChI is InChI=1S/C15H19IN2O3/c16-12-6-4-11(5-7-12)10-13(17-15(20)21)14(19)18-8-2-1-3-9-18/h4-7,13,17H,1-3,8-10H2,(H,20,21). The Kier molecular flexibility index (Phi) is 5.84. The van der Waals surface area contributed by atoms with Crippen LogP contribution in [0.1, 0.15) is 24.8 Å². The van der Waals surface area contributed by atoms with Gasteiger partial charge in [0.05, 0.1) is 0 Å². The van der Waals surface area contributed by atoms with Gasteiger partial charge in [-0.25, -0.2) is 4.79 Å². The SMILES string of the molecule is O=C(O)NC(Cc1ccc(I)cc1)C(=O)N1CCCCC1. The molecule has 114 valence electrons. The Morgan fingerprint density at radius 1 is 1.19 bits per heavy atom. The van der Waals surface area contributed by atoms with Gasteiger partial charge in [0.25, 0.3) is 0 Å². The van der Waals surface area contributed by atoms with Crippen LogP contribution in [0.25, 0.3) is 0 Å². The number of amides is 2. The molecule has 0 bridgehead atoms. The summed E-state index contributed by atoms with van der Waals surface area (Å²) in [4.78, 5) is 25.2. The summed E-state index contributed by atoms with van der Waals surface area (Å²) in [5.41, 5.74) is 0.958. The zero-order chi connectivity index (χ0) is 15.2. The summed E-state index contributed by atoms with van der Waals surface area (Å²) in [5.74, 6) is -0.115. The van der Waals surface area contributed by atoms with Gasteiger partial charge in [0.1, 0.15) is 6.04 Å². The van der Waals surface area contributed by atoms with Crippen LogP contribution in [0.5, 0.6) is 0 Å². The average molecular weight is 402 g/mol. The molecule has 1 heterocycles. The molecule has 0 radical (unpaired) electrons. The highest BCUT2D eigenvalue weighted by Crippen LogP contribution is 2.13. The summed E-state index contributed by atoms with van der Waals surface area (Å²) < 4.78 is 1.11. The lowest BCUT2D eigenvalue weighted by atomic mass is 10.0. The third-order valence-corrected chi connectivity index (χ3v) is 4.34. The predicted octanol–water partition coefficient (Wildman–Crippen LogP) is 2.48. The van der Waals surface area contributed by atoms with E-state index in [1.807, 2.05) is 24.3 Å². The van der Waals surface area contributed by atoms with Crippen LogP contribution in [-0.4, -0.2) is 41.1 Å². The molecule has 1 aliphatic rings. The lowest BCUT2D eigenvalue weighted by molar-refractivity contribution is -0.134. The molecular formula is C15H19IN2O3. The number of likely N-dealkylation sites (tertiary alicyclic amines) is 1. The number of piperidine rings is 1. The van der Waals surface area contributed by atoms with Crippen molar-refractivity contribution in [3.8, 4) is 0 Å². The van der Waals surface area contributed by atoms with Gasteiger partial charge in [0, 0.05) is 23.1 Å². The van der Waals surface area contributed by atoms with Crippen molar-refractivity contribution in [3.05, 3.63) is 33.4 Å². The summed E-state index contributed by atoms with van der Waals surface area (Å²) >= 11 is 2.21. The van der Waals surface area contributed by atoms with Crippen molar-refractivity contribution < 1.29 is 14.7 Å². The minimum absolute atomic E-state index is 0.115. The zero-order valence-electron chi connectivity index (χ0n) is 11.7. The fourth-order valence-electron chi connectivity index (χ4n) is 2.54. The molecule has 1 aromatic rings. The van der Waals surface area contributed by atoms with Crippen LogP contribution in [0, 0.1) is 3.57 Å². The topological polar surface area (TPSA) is 69.6 Å². The maximum Gasteiger partial charge on any atom is 0.405 e. The van der Waals surface area contributed by atoms with Crippen LogP contribution in [-0.2, 0) is 11.2 Å². The maximum absolute atomic E-state index is 12.5. The second-order valence-electron chi connectivity index (χ2n) is 5.22. The first-order valence-corrected chi connectivity index (χ1v) is 8.17. The predicted molar refractivity (Wildman–Crippen MR) is 88.2 cm³/mol. The number of carboxylic acid groups (broad SMARTS) is 1. The van der Waals surface area contributed by atoms with Crippen molar-refractivity contribution in [1.82, 2.24) is 10.2 Å². The molecule has 0 spiro atoms. The summed E-state index contributed by atoms with van der Waals surface area (Å²) in [6.45, 7) is 1.45. The van der Waals surface area contributed by atoms with Gasteiger partial charge in [-0.15, -0.1) is 0 Å². The third-order valence-electron chi connectivity index (χ3n) is 3.62. The fourth-order valence-corrected chi connectivity index (χ4v) is 2.90. The van der Waals surface area contributed by atoms with Crippen molar-refractivity contribution in [1.29, 1.82) is 0 Å². The minimum atomic E-state index is -1.16. The summed E-state index contributed by atoms with van der Waals surface area (Å²) in [5, 5.41) is 11.3. The van der Waals surface area contributed by atoms with Crippen molar-refractivity contribution in [3.63, 3.8) is 0 Å². The van der Waals surface area contributed by atoms with E-state index in [1.54, 1.807) is 4.90 Å². The van der Waals surface area contributed by atoms with E-state index in [4.69, 9.17) is 5.11 Å². The molecule has 0 aliphatic carbocycles. The van der Waals surface area contributed by atoms with Crippen molar-refractivity contribution >= 4 is 34.6 Å². The molecule has 0 saturated carbocycles. The van der Waals surface area contributed by atoms with Gasteiger partial charge in [0.2, 0.25) is 5.91 Å². The Balaban J connectivity index is 2.07. The van der Waals surface area contributed by atoms with Crippen LogP contribution in [0.3, 0.4) is 0 Å². The average Bonchev–Trinajstić information content (AvgIpc) is 2.48. The molecule has 1 aromatic carbocycles. The smallest absolute Gasteiger partial charge is 0.405 e. The number of carbonyl (C=O) groups excluding carboxylic acids is 1. The highest BCUT2D eigenvalue weighted by Gasteiger charge is 2.27. The van der Waals surface area contributed by atoms with Gasteiger partial charge < -0.3 is 15.3 Å². The Morgan fingerprint density at radius 3 is 2.38 bits per heavy atom. The van der Waals surface area contributed by atoms with E-state index in [0.717, 1.165) is 41.5 Å². The summed E-state index contributed by atoms with van der Waals surface area (Å²) in [7, 11) is 0. The molecule has 5 nitrogen and oxygen atoms in total. The lowest BCUT2D eigenvalue weighted by Crippen LogP contribution is -2.50. The number of halogens is 1. The van der Waals surface area contributed by atoms with Crippen LogP contribution in [0.15, 0.2) is 24.3 Å². The third kappa shape index (κ3) is 4.87. The number of nitrogens with one attached hydrogen (secondary N) is 1. The van der Waals surface area contributed by atoms with E-state index in [9.17, 15) is 9.59 Å². The molecule has 1 aliphatic heterocycles. The summed E-state index contributed by atoms with van der Waals surface area (Å²) in [6.07, 6.45) is 2.36. The first kappa shape index (κ1) is 16.1. The van der Waals surface area contributed by atoms with E-state index in [0.29, 0.717) is 6.42 Å². The van der Waals surface area contributed by atoms with Crippen molar-refractivity contribution in [2.45, 2.75) is 31.7 Å². The van der Waals surface area contributed by atoms with Gasteiger partial charge in [-0.1, -0.05) is 12.1 Å². The van der Waals surface area contributed by atoms with E-state index in [1.165, 1.54) is 0 Å². The second-order valence-corrected chi connectivity index (χ2v) is 6.46. The fraction of sp³-hybridized carbons (Fsp3) is 0.467. The van der Waals surface area contributed by atoms with Gasteiger partial charge in [-0.05, 0) is 59.5 Å². The molecule has 21 heavy (non-hydrogen) atoms. The van der Waals surface area contributed by atoms with Gasteiger partial charge in [-0.3, -0.25) is 4.79 Å². The van der Waals surface area contributed by atoms with Gasteiger partial charge in [0.15, 0.2) is 0 Å². The van der Waals surface area contributed by atoms with Crippen LogP contribution < -0.4 is 5.32 Å². The molecule has 1 fully saturated rings. The molecule has 2 N–H and O–H groups in total. The summed E-state index contributed by atoms with van der Waals surface area (Å²) in [6, 6.07) is 7.07. The number of hydrogen-bond donors (Lipinski definition) is 2. The zero-order valence-corrected chi connectivity index (χ0v) is 13.9. The normalized spacial score (nSPS) is 16.3. The Hall–Kier alpha value is -1.31. The number of benzene rings is 1. The Bertz CT molecular complexity index is 498. The van der Waals surface area contributed by atoms with Gasteiger partial charge in [-0.2, -0.15) is 0 Å². The first-order chi connectivity index (χ1) is 10.1. The lowest BCUT2D eigenvalue weighted by Gasteiger charge is -2.30. The van der Waals surface area contributed by atoms with Crippen molar-refractivity contribution in [2.75, 3.05) is 13.1 Å². The number of carbonyl (C=O) groups is 2. The van der Waals surface area contributed by atoms with Crippen LogP contribution in [0.4, 0.5) is 4.79 Å². The number of hydrogen-bond acceptors (Lipinski definition) is 2. The van der Waals surface area contributed by atoms with Crippen molar-refractivity contribution in [2.24, 2.45) is 0 Å². The Labute approximate surface area is 137 Å². The number of nitrogens with zero attached hydrogens (tertiary/aromatic N) is 1. The van der Waals surface area contributed by atoms with Gasteiger partial charge >= 0.3 is 6.09 Å². The highest BCUT2D eigenvalue weighted by atomic mass is 127. The van der Waals surface area contributed by atoms with Crippen LogP contribution in [0.2, 0.25) is 0 Å². The molecule has 1 saturated heterocycles. The molecule has 1 unspecified atom stereocenters. The molecule has 2 amide bonds. The number of rotatable bonds is 4. The van der Waals surface area contributed by atoms with E-state index in [2.05, 4.69) is 27.9 Å². The van der Waals surface area contributed by atoms with E-state index in [-0.39, 0.29) is 5.91 Å². The Morgan fingerprint density at radius 2 is 1.81 bits per heavy atom. The first-order valence-electron chi connectivity index (χ1n) is 7.09. The largest absolute Gasteiger partial charge is 0.465 e. The van der Waals surface area contributed by atoms with Crippen LogP contribution >= 0.6 is 22.6 Å². The molecule has 0 aromatic heterocycles. The highest BCUT2D eigenvalue weighted by molar-refractivity contribution is 14.1. The molecular weight excluding hydrogens is 383 g/mol. The monoisotopic (exact) mass is 402 g/mol. The molecule has 6 heteroatoms. The maximum atomic E-state index is 12.5.